The number of ether oxygens (including phenoxy) is 1. The number of methoxy groups -OCH3 is 1. The Morgan fingerprint density at radius 1 is 0.921 bits per heavy atom. The highest BCUT2D eigenvalue weighted by molar-refractivity contribution is 7.92. The van der Waals surface area contributed by atoms with Crippen molar-refractivity contribution in [3.05, 3.63) is 90.0 Å². The van der Waals surface area contributed by atoms with E-state index in [0.717, 1.165) is 15.4 Å². The van der Waals surface area contributed by atoms with E-state index in [-0.39, 0.29) is 17.3 Å². The number of nitrogens with one attached hydrogen (secondary N) is 1. The van der Waals surface area contributed by atoms with Crippen LogP contribution in [0.1, 0.15) is 31.4 Å². The van der Waals surface area contributed by atoms with Crippen molar-refractivity contribution in [3.8, 4) is 5.75 Å². The summed E-state index contributed by atoms with van der Waals surface area (Å²) < 4.78 is 33.8. The summed E-state index contributed by atoms with van der Waals surface area (Å²) >= 11 is 0. The van der Waals surface area contributed by atoms with Crippen LogP contribution in [0.4, 0.5) is 5.69 Å². The lowest BCUT2D eigenvalue weighted by atomic mass is 10.1. The van der Waals surface area contributed by atoms with E-state index >= 15 is 0 Å². The summed E-state index contributed by atoms with van der Waals surface area (Å²) in [7, 11) is -2.50. The Bertz CT molecular complexity index is 1310. The largest absolute Gasteiger partial charge is 0.497 e. The van der Waals surface area contributed by atoms with E-state index in [1.807, 2.05) is 32.9 Å². The van der Waals surface area contributed by atoms with Gasteiger partial charge in [0.15, 0.2) is 0 Å². The quantitative estimate of drug-likeness (QED) is 0.375. The Labute approximate surface area is 225 Å². The Morgan fingerprint density at radius 2 is 1.55 bits per heavy atom. The van der Waals surface area contributed by atoms with Gasteiger partial charge in [-0.1, -0.05) is 55.0 Å². The van der Waals surface area contributed by atoms with Gasteiger partial charge >= 0.3 is 0 Å². The van der Waals surface area contributed by atoms with Crippen LogP contribution in [-0.4, -0.2) is 51.4 Å². The van der Waals surface area contributed by atoms with Crippen molar-refractivity contribution in [2.75, 3.05) is 24.5 Å². The van der Waals surface area contributed by atoms with E-state index < -0.39 is 28.5 Å². The molecule has 0 saturated heterocycles. The van der Waals surface area contributed by atoms with Crippen LogP contribution in [0.2, 0.25) is 0 Å². The molecule has 1 unspecified atom stereocenters. The number of rotatable bonds is 12. The highest BCUT2D eigenvalue weighted by atomic mass is 32.2. The third-order valence-corrected chi connectivity index (χ3v) is 7.97. The van der Waals surface area contributed by atoms with Gasteiger partial charge in [0.25, 0.3) is 10.0 Å². The Kier molecular flexibility index (Phi) is 9.90. The molecule has 0 heterocycles. The summed E-state index contributed by atoms with van der Waals surface area (Å²) in [5.74, 6) is -0.106. The number of sulfonamides is 1. The maximum Gasteiger partial charge on any atom is 0.264 e. The zero-order chi connectivity index (χ0) is 27.7. The van der Waals surface area contributed by atoms with Gasteiger partial charge in [0.2, 0.25) is 11.8 Å². The van der Waals surface area contributed by atoms with Gasteiger partial charge in [-0.05, 0) is 62.2 Å². The highest BCUT2D eigenvalue weighted by Gasteiger charge is 2.33. The first-order valence-corrected chi connectivity index (χ1v) is 14.0. The van der Waals surface area contributed by atoms with Crippen LogP contribution in [0, 0.1) is 6.92 Å². The molecule has 3 aromatic carbocycles. The molecule has 202 valence electrons. The maximum atomic E-state index is 13.9. The molecule has 2 amide bonds. The maximum absolute atomic E-state index is 13.9. The molecule has 0 saturated carbocycles. The number of nitrogens with zero attached hydrogens (tertiary/aromatic N) is 2. The minimum atomic E-state index is -4.07. The highest BCUT2D eigenvalue weighted by Crippen LogP contribution is 2.25. The molecule has 0 aliphatic rings. The normalized spacial score (nSPS) is 11.9. The molecule has 1 atom stereocenters. The van der Waals surface area contributed by atoms with Gasteiger partial charge in [-0.25, -0.2) is 8.42 Å². The smallest absolute Gasteiger partial charge is 0.264 e. The number of hydrogen-bond acceptors (Lipinski definition) is 5. The first-order valence-electron chi connectivity index (χ1n) is 12.6. The van der Waals surface area contributed by atoms with Crippen molar-refractivity contribution in [1.82, 2.24) is 10.2 Å². The van der Waals surface area contributed by atoms with Crippen molar-refractivity contribution in [2.45, 2.75) is 44.7 Å². The van der Waals surface area contributed by atoms with Crippen molar-refractivity contribution in [1.29, 1.82) is 0 Å². The first-order chi connectivity index (χ1) is 18.2. The van der Waals surface area contributed by atoms with Gasteiger partial charge < -0.3 is 15.0 Å². The monoisotopic (exact) mass is 537 g/mol. The zero-order valence-electron chi connectivity index (χ0n) is 22.3. The second-order valence-corrected chi connectivity index (χ2v) is 10.7. The van der Waals surface area contributed by atoms with Crippen LogP contribution in [0.15, 0.2) is 83.8 Å². The number of likely N-dealkylation sites (N-methyl/N-ethyl adjacent to an activating group) is 1. The lowest BCUT2D eigenvalue weighted by Crippen LogP contribution is -2.52. The van der Waals surface area contributed by atoms with E-state index in [0.29, 0.717) is 24.4 Å². The minimum absolute atomic E-state index is 0.0749. The van der Waals surface area contributed by atoms with E-state index in [2.05, 4.69) is 5.32 Å². The third kappa shape index (κ3) is 6.92. The van der Waals surface area contributed by atoms with Gasteiger partial charge in [-0.2, -0.15) is 0 Å². The van der Waals surface area contributed by atoms with Gasteiger partial charge in [-0.3, -0.25) is 13.9 Å². The summed E-state index contributed by atoms with van der Waals surface area (Å²) in [4.78, 5) is 28.4. The lowest BCUT2D eigenvalue weighted by molar-refractivity contribution is -0.140. The zero-order valence-corrected chi connectivity index (χ0v) is 23.1. The molecule has 8 nitrogen and oxygen atoms in total. The Hall–Kier alpha value is -3.85. The van der Waals surface area contributed by atoms with Crippen molar-refractivity contribution < 1.29 is 22.7 Å². The van der Waals surface area contributed by atoms with Crippen molar-refractivity contribution >= 4 is 27.5 Å². The summed E-state index contributed by atoms with van der Waals surface area (Å²) in [5.41, 5.74) is 2.11. The number of hydrogen-bond donors (Lipinski definition) is 1. The Balaban J connectivity index is 2.03. The average Bonchev–Trinajstić information content (AvgIpc) is 2.93. The third-order valence-electron chi connectivity index (χ3n) is 6.18. The predicted octanol–water partition coefficient (Wildman–Crippen LogP) is 4.14. The molecule has 0 aliphatic heterocycles. The lowest BCUT2D eigenvalue weighted by Gasteiger charge is -2.33. The standard InChI is InChI=1S/C29H35N3O5S/c1-5-27(29(34)30-6-2)31(20-23-14-18-25(37-4)19-15-23)28(33)21-32(24-16-12-22(3)13-17-24)38(35,36)26-10-8-7-9-11-26/h7-19,27H,5-6,20-21H2,1-4H3,(H,30,34). The van der Waals surface area contributed by atoms with Crippen LogP contribution in [0.25, 0.3) is 0 Å². The fourth-order valence-electron chi connectivity index (χ4n) is 4.10. The number of carbonyl (C=O) groups is 2. The molecule has 0 aromatic heterocycles. The fraction of sp³-hybridized carbons (Fsp3) is 0.310. The molecule has 9 heteroatoms. The molecular formula is C29H35N3O5S. The van der Waals surface area contributed by atoms with Crippen LogP contribution in [0.5, 0.6) is 5.75 Å². The average molecular weight is 538 g/mol. The van der Waals surface area contributed by atoms with Crippen molar-refractivity contribution in [3.63, 3.8) is 0 Å². The molecule has 3 rings (SSSR count). The summed E-state index contributed by atoms with van der Waals surface area (Å²) in [6, 6.07) is 21.4. The van der Waals surface area contributed by atoms with E-state index in [9.17, 15) is 18.0 Å². The molecular weight excluding hydrogens is 502 g/mol. The molecule has 0 spiro atoms. The SMILES string of the molecule is CCNC(=O)C(CC)N(Cc1ccc(OC)cc1)C(=O)CN(c1ccc(C)cc1)S(=O)(=O)c1ccccc1. The van der Waals surface area contributed by atoms with Gasteiger partial charge in [0, 0.05) is 13.1 Å². The van der Waals surface area contributed by atoms with Gasteiger partial charge in [0.1, 0.15) is 18.3 Å². The Morgan fingerprint density at radius 3 is 2.11 bits per heavy atom. The molecule has 0 radical (unpaired) electrons. The first kappa shape index (κ1) is 28.7. The molecule has 1 N–H and O–H groups in total. The van der Waals surface area contributed by atoms with Crippen LogP contribution in [-0.2, 0) is 26.2 Å². The van der Waals surface area contributed by atoms with Crippen molar-refractivity contribution in [2.24, 2.45) is 0 Å². The molecule has 38 heavy (non-hydrogen) atoms. The second kappa shape index (κ2) is 13.1. The molecule has 0 fully saturated rings. The summed E-state index contributed by atoms with van der Waals surface area (Å²) in [5, 5.41) is 2.80. The van der Waals surface area contributed by atoms with Crippen LogP contribution < -0.4 is 14.4 Å². The van der Waals surface area contributed by atoms with E-state index in [4.69, 9.17) is 4.74 Å². The topological polar surface area (TPSA) is 96.0 Å². The molecule has 0 bridgehead atoms. The van der Waals surface area contributed by atoms with Gasteiger partial charge in [0.05, 0.1) is 17.7 Å². The number of anilines is 1. The van der Waals surface area contributed by atoms with Gasteiger partial charge in [-0.15, -0.1) is 0 Å². The summed E-state index contributed by atoms with van der Waals surface area (Å²) in [6.45, 7) is 5.62. The van der Waals surface area contributed by atoms with E-state index in [1.54, 1.807) is 61.7 Å². The summed E-state index contributed by atoms with van der Waals surface area (Å²) in [6.07, 6.45) is 0.365. The van der Waals surface area contributed by atoms with Crippen LogP contribution in [0.3, 0.4) is 0 Å². The number of carbonyl (C=O) groups excluding carboxylic acids is 2. The number of amides is 2. The number of aryl methyl sites for hydroxylation is 1. The molecule has 3 aromatic rings. The van der Waals surface area contributed by atoms with Crippen LogP contribution >= 0.6 is 0 Å². The van der Waals surface area contributed by atoms with E-state index in [1.165, 1.54) is 17.0 Å². The fourth-order valence-corrected chi connectivity index (χ4v) is 5.53. The molecule has 0 aliphatic carbocycles. The minimum Gasteiger partial charge on any atom is -0.497 e. The second-order valence-electron chi connectivity index (χ2n) is 8.85. The number of benzene rings is 3. The predicted molar refractivity (Wildman–Crippen MR) is 148 cm³/mol.